The molecule has 0 aromatic carbocycles. The minimum atomic E-state index is -0.476. The van der Waals surface area contributed by atoms with Gasteiger partial charge in [0, 0.05) is 30.1 Å². The van der Waals surface area contributed by atoms with Gasteiger partial charge in [0.2, 0.25) is 0 Å². The van der Waals surface area contributed by atoms with E-state index in [9.17, 15) is 4.79 Å². The lowest BCUT2D eigenvalue weighted by molar-refractivity contribution is -0.0380. The van der Waals surface area contributed by atoms with Gasteiger partial charge in [-0.25, -0.2) is 9.78 Å². The molecule has 2 aromatic heterocycles. The number of amides is 1. The van der Waals surface area contributed by atoms with Gasteiger partial charge in [0.05, 0.1) is 17.8 Å². The number of fused-ring (bicyclic) bond motifs is 3. The number of rotatable bonds is 1. The maximum Gasteiger partial charge on any atom is 0.410 e. The molecule has 0 spiro atoms. The molecule has 3 aliphatic rings. The first kappa shape index (κ1) is 17.3. The van der Waals surface area contributed by atoms with E-state index in [1.54, 1.807) is 6.20 Å². The molecule has 3 saturated heterocycles. The van der Waals surface area contributed by atoms with Gasteiger partial charge in [-0.3, -0.25) is 4.90 Å². The number of aromatic nitrogens is 3. The molecule has 8 heteroatoms. The zero-order valence-corrected chi connectivity index (χ0v) is 16.1. The Morgan fingerprint density at radius 2 is 1.92 bits per heavy atom. The number of hydrogen-bond acceptors (Lipinski definition) is 6. The number of carbonyl (C=O) groups is 1. The first-order valence-electron chi connectivity index (χ1n) is 8.78. The number of anilines is 1. The van der Waals surface area contributed by atoms with E-state index in [2.05, 4.69) is 20.1 Å². The van der Waals surface area contributed by atoms with Gasteiger partial charge in [0.25, 0.3) is 0 Å². The smallest absolute Gasteiger partial charge is 0.410 e. The fourth-order valence-electron chi connectivity index (χ4n) is 3.71. The largest absolute Gasteiger partial charge is 0.444 e. The topological polar surface area (TPSA) is 71.5 Å². The van der Waals surface area contributed by atoms with Crippen LogP contribution in [0.3, 0.4) is 0 Å². The maximum atomic E-state index is 12.4. The van der Waals surface area contributed by atoms with Crippen LogP contribution in [0.2, 0.25) is 5.15 Å². The van der Waals surface area contributed by atoms with Crippen LogP contribution in [0.25, 0.3) is 10.8 Å². The number of hydrogen-bond donors (Lipinski definition) is 0. The van der Waals surface area contributed by atoms with Crippen molar-refractivity contribution in [3.05, 3.63) is 23.1 Å². The Kier molecular flexibility index (Phi) is 3.95. The number of nitrogens with zero attached hydrogens (tertiary/aromatic N) is 5. The van der Waals surface area contributed by atoms with Crippen LogP contribution in [-0.4, -0.2) is 56.9 Å². The second-order valence-electron chi connectivity index (χ2n) is 8.00. The standard InChI is InChI=1S/C18H22ClN5O2/c1-10-14-7-20-15(6-13(14)16(19)22-21-10)23-8-11-5-12(9-23)24(11)17(25)26-18(2,3)4/h6-7,11-12H,5,8-9H2,1-4H3. The SMILES string of the molecule is Cc1nnc(Cl)c2cc(N3CC4CC(C3)N4C(=O)OC(C)(C)C)ncc12. The number of pyridine rings is 1. The molecule has 138 valence electrons. The predicted octanol–water partition coefficient (Wildman–Crippen LogP) is 3.18. The Labute approximate surface area is 157 Å². The molecule has 5 heterocycles. The van der Waals surface area contributed by atoms with E-state index in [4.69, 9.17) is 16.3 Å². The Morgan fingerprint density at radius 3 is 2.58 bits per heavy atom. The summed E-state index contributed by atoms with van der Waals surface area (Å²) in [6, 6.07) is 2.28. The molecule has 2 bridgehead atoms. The molecule has 7 nitrogen and oxygen atoms in total. The van der Waals surface area contributed by atoms with Gasteiger partial charge < -0.3 is 9.64 Å². The van der Waals surface area contributed by atoms with Crippen molar-refractivity contribution >= 4 is 34.3 Å². The Hall–Kier alpha value is -2.15. The first-order chi connectivity index (χ1) is 12.2. The minimum Gasteiger partial charge on any atom is -0.444 e. The highest BCUT2D eigenvalue weighted by molar-refractivity contribution is 6.34. The normalized spacial score (nSPS) is 22.3. The van der Waals surface area contributed by atoms with Crippen molar-refractivity contribution in [1.29, 1.82) is 0 Å². The number of piperidine rings is 1. The molecule has 0 aliphatic carbocycles. The lowest BCUT2D eigenvalue weighted by atomic mass is 9.88. The summed E-state index contributed by atoms with van der Waals surface area (Å²) in [4.78, 5) is 21.0. The van der Waals surface area contributed by atoms with Crippen LogP contribution in [0.15, 0.2) is 12.3 Å². The van der Waals surface area contributed by atoms with Gasteiger partial charge in [-0.05, 0) is 40.2 Å². The lowest BCUT2D eigenvalue weighted by Gasteiger charge is -2.56. The van der Waals surface area contributed by atoms with Crippen LogP contribution in [-0.2, 0) is 4.74 Å². The second-order valence-corrected chi connectivity index (χ2v) is 8.36. The van der Waals surface area contributed by atoms with Crippen molar-refractivity contribution in [3.8, 4) is 0 Å². The van der Waals surface area contributed by atoms with Crippen molar-refractivity contribution in [2.24, 2.45) is 0 Å². The highest BCUT2D eigenvalue weighted by Gasteiger charge is 2.49. The molecule has 2 atom stereocenters. The monoisotopic (exact) mass is 375 g/mol. The van der Waals surface area contributed by atoms with Crippen LogP contribution >= 0.6 is 11.6 Å². The van der Waals surface area contributed by atoms with E-state index in [0.717, 1.165) is 41.8 Å². The fraction of sp³-hybridized carbons (Fsp3) is 0.556. The quantitative estimate of drug-likeness (QED) is 0.762. The van der Waals surface area contributed by atoms with Crippen molar-refractivity contribution < 1.29 is 9.53 Å². The summed E-state index contributed by atoms with van der Waals surface area (Å²) >= 11 is 6.21. The van der Waals surface area contributed by atoms with Gasteiger partial charge in [0.1, 0.15) is 11.4 Å². The molecule has 2 aromatic rings. The summed E-state index contributed by atoms with van der Waals surface area (Å²) in [5.74, 6) is 0.852. The van der Waals surface area contributed by atoms with Crippen molar-refractivity contribution in [2.45, 2.75) is 51.8 Å². The first-order valence-corrected chi connectivity index (χ1v) is 9.15. The number of halogens is 1. The third-order valence-corrected chi connectivity index (χ3v) is 5.19. The minimum absolute atomic E-state index is 0.161. The van der Waals surface area contributed by atoms with E-state index >= 15 is 0 Å². The molecule has 26 heavy (non-hydrogen) atoms. The van der Waals surface area contributed by atoms with Crippen molar-refractivity contribution in [1.82, 2.24) is 20.1 Å². The summed E-state index contributed by atoms with van der Waals surface area (Å²) in [6.45, 7) is 9.04. The average molecular weight is 376 g/mol. The second kappa shape index (κ2) is 5.94. The van der Waals surface area contributed by atoms with E-state index in [1.807, 2.05) is 38.7 Å². The Morgan fingerprint density at radius 1 is 1.23 bits per heavy atom. The van der Waals surface area contributed by atoms with E-state index in [0.29, 0.717) is 5.15 Å². The van der Waals surface area contributed by atoms with Crippen molar-refractivity contribution in [3.63, 3.8) is 0 Å². The van der Waals surface area contributed by atoms with Crippen LogP contribution < -0.4 is 4.90 Å². The lowest BCUT2D eigenvalue weighted by Crippen LogP contribution is -2.70. The van der Waals surface area contributed by atoms with Crippen molar-refractivity contribution in [2.75, 3.05) is 18.0 Å². The average Bonchev–Trinajstić information content (AvgIpc) is 2.56. The molecule has 0 N–H and O–H groups in total. The zero-order valence-electron chi connectivity index (χ0n) is 15.4. The molecule has 3 fully saturated rings. The molecule has 5 rings (SSSR count). The molecular formula is C18H22ClN5O2. The van der Waals surface area contributed by atoms with Gasteiger partial charge in [-0.15, -0.1) is 5.10 Å². The summed E-state index contributed by atoms with van der Waals surface area (Å²) in [5.41, 5.74) is 0.331. The summed E-state index contributed by atoms with van der Waals surface area (Å²) in [7, 11) is 0. The summed E-state index contributed by atoms with van der Waals surface area (Å²) in [6.07, 6.45) is 2.58. The summed E-state index contributed by atoms with van der Waals surface area (Å²) in [5, 5.41) is 10.2. The maximum absolute atomic E-state index is 12.4. The Balaban J connectivity index is 1.53. The van der Waals surface area contributed by atoms with Crippen LogP contribution in [0.5, 0.6) is 0 Å². The van der Waals surface area contributed by atoms with Gasteiger partial charge in [-0.2, -0.15) is 5.10 Å². The van der Waals surface area contributed by atoms with E-state index < -0.39 is 5.60 Å². The highest BCUT2D eigenvalue weighted by Crippen LogP contribution is 2.36. The predicted molar refractivity (Wildman–Crippen MR) is 99.6 cm³/mol. The third-order valence-electron chi connectivity index (χ3n) is 4.91. The van der Waals surface area contributed by atoms with Gasteiger partial charge >= 0.3 is 6.09 Å². The molecule has 0 radical (unpaired) electrons. The van der Waals surface area contributed by atoms with Gasteiger partial charge in [0.15, 0.2) is 5.15 Å². The van der Waals surface area contributed by atoms with E-state index in [1.165, 1.54) is 0 Å². The molecule has 1 amide bonds. The highest BCUT2D eigenvalue weighted by atomic mass is 35.5. The van der Waals surface area contributed by atoms with Gasteiger partial charge in [-0.1, -0.05) is 11.6 Å². The van der Waals surface area contributed by atoms with E-state index in [-0.39, 0.29) is 18.2 Å². The van der Waals surface area contributed by atoms with Crippen LogP contribution in [0.4, 0.5) is 10.6 Å². The number of aryl methyl sites for hydroxylation is 1. The number of ether oxygens (including phenoxy) is 1. The third kappa shape index (κ3) is 2.94. The molecule has 2 unspecified atom stereocenters. The molecular weight excluding hydrogens is 354 g/mol. The fourth-order valence-corrected chi connectivity index (χ4v) is 3.91. The Bertz CT molecular complexity index is 870. The number of carbonyl (C=O) groups excluding carboxylic acids is 1. The number of piperazine rings is 1. The summed E-state index contributed by atoms with van der Waals surface area (Å²) < 4.78 is 5.53. The zero-order chi connectivity index (χ0) is 18.6. The van der Waals surface area contributed by atoms with Crippen LogP contribution in [0, 0.1) is 6.92 Å². The molecule has 0 saturated carbocycles. The molecule has 3 aliphatic heterocycles. The van der Waals surface area contributed by atoms with Crippen LogP contribution in [0.1, 0.15) is 32.9 Å².